The lowest BCUT2D eigenvalue weighted by molar-refractivity contribution is -0.479. The summed E-state index contributed by atoms with van der Waals surface area (Å²) in [6, 6.07) is 19.1. The molecule has 0 aliphatic carbocycles. The first-order valence-corrected chi connectivity index (χ1v) is 12.9. The second-order valence-electron chi connectivity index (χ2n) is 8.07. The molecule has 0 unspecified atom stereocenters. The van der Waals surface area contributed by atoms with Gasteiger partial charge in [0.1, 0.15) is 17.7 Å². The Morgan fingerprint density at radius 2 is 1.82 bits per heavy atom. The summed E-state index contributed by atoms with van der Waals surface area (Å²) in [6.07, 6.45) is 0. The molecule has 38 heavy (non-hydrogen) atoms. The Balaban J connectivity index is 1.63. The molecule has 1 heterocycles. The van der Waals surface area contributed by atoms with Gasteiger partial charge in [-0.2, -0.15) is 0 Å². The maximum absolute atomic E-state index is 11.6. The largest absolute Gasteiger partial charge is 0.493 e. The Morgan fingerprint density at radius 1 is 1.05 bits per heavy atom. The SMILES string of the molecule is COc1cc([C@@H](C[N+](=O)[O-])Sc2nnc(C)n2-c2ccccc2)cc(Br)c1OCc1cccc([N+](=O)[O-])c1. The molecule has 13 heteroatoms. The Hall–Kier alpha value is -3.97. The summed E-state index contributed by atoms with van der Waals surface area (Å²) in [5.74, 6) is 1.38. The summed E-state index contributed by atoms with van der Waals surface area (Å²) in [4.78, 5) is 21.8. The minimum absolute atomic E-state index is 0.0364. The van der Waals surface area contributed by atoms with Crippen LogP contribution < -0.4 is 9.47 Å². The molecule has 0 amide bonds. The topological polar surface area (TPSA) is 135 Å². The van der Waals surface area contributed by atoms with Gasteiger partial charge < -0.3 is 9.47 Å². The minimum Gasteiger partial charge on any atom is -0.493 e. The fourth-order valence-electron chi connectivity index (χ4n) is 3.75. The number of aromatic nitrogens is 3. The number of ether oxygens (including phenoxy) is 2. The molecular weight excluding hydrogens is 578 g/mol. The number of nitro groups is 2. The van der Waals surface area contributed by atoms with Crippen LogP contribution >= 0.6 is 27.7 Å². The van der Waals surface area contributed by atoms with Gasteiger partial charge in [-0.1, -0.05) is 42.1 Å². The summed E-state index contributed by atoms with van der Waals surface area (Å²) < 4.78 is 13.8. The fraction of sp³-hybridized carbons (Fsp3) is 0.200. The number of aryl methyl sites for hydroxylation is 1. The molecule has 0 aliphatic rings. The number of nitrogens with zero attached hydrogens (tertiary/aromatic N) is 5. The highest BCUT2D eigenvalue weighted by Gasteiger charge is 2.26. The van der Waals surface area contributed by atoms with E-state index >= 15 is 0 Å². The van der Waals surface area contributed by atoms with E-state index < -0.39 is 10.2 Å². The highest BCUT2D eigenvalue weighted by atomic mass is 79.9. The molecular formula is C25H22BrN5O6S. The van der Waals surface area contributed by atoms with Crippen LogP contribution in [0.1, 0.15) is 22.2 Å². The normalized spacial score (nSPS) is 11.7. The van der Waals surface area contributed by atoms with Crippen molar-refractivity contribution in [3.05, 3.63) is 108 Å². The number of methoxy groups -OCH3 is 1. The zero-order valence-corrected chi connectivity index (χ0v) is 22.7. The first kappa shape index (κ1) is 27.1. The molecule has 0 spiro atoms. The summed E-state index contributed by atoms with van der Waals surface area (Å²) in [6.45, 7) is 1.51. The molecule has 3 aromatic carbocycles. The lowest BCUT2D eigenvalue weighted by atomic mass is 10.1. The summed E-state index contributed by atoms with van der Waals surface area (Å²) >= 11 is 4.73. The number of benzene rings is 3. The molecule has 1 aromatic heterocycles. The number of thioether (sulfide) groups is 1. The van der Waals surface area contributed by atoms with Crippen molar-refractivity contribution >= 4 is 33.4 Å². The molecule has 11 nitrogen and oxygen atoms in total. The van der Waals surface area contributed by atoms with Crippen molar-refractivity contribution in [1.82, 2.24) is 14.8 Å². The van der Waals surface area contributed by atoms with Crippen LogP contribution in [0, 0.1) is 27.2 Å². The molecule has 0 bridgehead atoms. The van der Waals surface area contributed by atoms with Crippen LogP contribution in [0.3, 0.4) is 0 Å². The van der Waals surface area contributed by atoms with Crippen LogP contribution in [0.15, 0.2) is 76.4 Å². The van der Waals surface area contributed by atoms with Crippen molar-refractivity contribution in [3.8, 4) is 17.2 Å². The van der Waals surface area contributed by atoms with E-state index in [1.165, 1.54) is 31.0 Å². The molecule has 1 atom stereocenters. The molecule has 0 N–H and O–H groups in total. The number of hydrogen-bond donors (Lipinski definition) is 0. The molecule has 0 fully saturated rings. The van der Waals surface area contributed by atoms with Crippen LogP contribution in [0.2, 0.25) is 0 Å². The Kier molecular flexibility index (Phi) is 8.59. The quantitative estimate of drug-likeness (QED) is 0.116. The molecule has 4 rings (SSSR count). The summed E-state index contributed by atoms with van der Waals surface area (Å²) in [7, 11) is 1.47. The minimum atomic E-state index is -0.618. The van der Waals surface area contributed by atoms with E-state index in [9.17, 15) is 20.2 Å². The van der Waals surface area contributed by atoms with Crippen LogP contribution in [0.5, 0.6) is 11.5 Å². The lowest BCUT2D eigenvalue weighted by Gasteiger charge is -2.18. The third-order valence-corrected chi connectivity index (χ3v) is 7.27. The number of non-ortho nitro benzene ring substituents is 1. The number of hydrogen-bond acceptors (Lipinski definition) is 9. The second kappa shape index (κ2) is 12.0. The molecule has 0 saturated heterocycles. The van der Waals surface area contributed by atoms with E-state index in [2.05, 4.69) is 26.1 Å². The zero-order chi connectivity index (χ0) is 27.2. The fourth-order valence-corrected chi connectivity index (χ4v) is 5.48. The third-order valence-electron chi connectivity index (χ3n) is 5.50. The van der Waals surface area contributed by atoms with Crippen molar-refractivity contribution in [2.45, 2.75) is 23.9 Å². The summed E-state index contributed by atoms with van der Waals surface area (Å²) in [5, 5.41) is 31.0. The maximum Gasteiger partial charge on any atom is 0.269 e. The Morgan fingerprint density at radius 3 is 2.50 bits per heavy atom. The van der Waals surface area contributed by atoms with Gasteiger partial charge in [0.05, 0.1) is 16.5 Å². The van der Waals surface area contributed by atoms with Gasteiger partial charge >= 0.3 is 0 Å². The van der Waals surface area contributed by atoms with E-state index in [4.69, 9.17) is 9.47 Å². The van der Waals surface area contributed by atoms with Crippen LogP contribution in [-0.2, 0) is 6.61 Å². The lowest BCUT2D eigenvalue weighted by Crippen LogP contribution is -2.12. The van der Waals surface area contributed by atoms with Crippen molar-refractivity contribution in [1.29, 1.82) is 0 Å². The third kappa shape index (κ3) is 6.29. The smallest absolute Gasteiger partial charge is 0.269 e. The molecule has 4 aromatic rings. The van der Waals surface area contributed by atoms with Crippen molar-refractivity contribution < 1.29 is 19.3 Å². The number of nitro benzene ring substituents is 1. The van der Waals surface area contributed by atoms with Crippen LogP contribution in [-0.4, -0.2) is 38.3 Å². The van der Waals surface area contributed by atoms with Gasteiger partial charge in [-0.05, 0) is 58.2 Å². The standard InChI is InChI=1S/C25H22BrN5O6S/c1-16-27-28-25(30(16)19-8-4-3-5-9-19)38-23(14-29(32)33)18-12-21(26)24(22(13-18)36-2)37-15-17-7-6-10-20(11-17)31(34)35/h3-13,23H,14-15H2,1-2H3/t23-/m1/s1. The molecule has 0 radical (unpaired) electrons. The van der Waals surface area contributed by atoms with E-state index in [1.807, 2.05) is 41.8 Å². The van der Waals surface area contributed by atoms with Crippen molar-refractivity contribution in [2.75, 3.05) is 13.7 Å². The van der Waals surface area contributed by atoms with Gasteiger partial charge in [0, 0.05) is 22.7 Å². The highest BCUT2D eigenvalue weighted by Crippen LogP contribution is 2.43. The molecule has 196 valence electrons. The molecule has 0 aliphatic heterocycles. The van der Waals surface area contributed by atoms with Crippen molar-refractivity contribution in [2.24, 2.45) is 0 Å². The van der Waals surface area contributed by atoms with Gasteiger partial charge in [0.15, 0.2) is 16.7 Å². The Labute approximate surface area is 230 Å². The molecule has 0 saturated carbocycles. The van der Waals surface area contributed by atoms with Gasteiger partial charge in [-0.3, -0.25) is 24.8 Å². The predicted octanol–water partition coefficient (Wildman–Crippen LogP) is 5.94. The monoisotopic (exact) mass is 599 g/mol. The van der Waals surface area contributed by atoms with Gasteiger partial charge in [0.2, 0.25) is 6.54 Å². The average Bonchev–Trinajstić information content (AvgIpc) is 3.27. The highest BCUT2D eigenvalue weighted by molar-refractivity contribution is 9.10. The van der Waals surface area contributed by atoms with Crippen molar-refractivity contribution in [3.63, 3.8) is 0 Å². The zero-order valence-electron chi connectivity index (χ0n) is 20.3. The second-order valence-corrected chi connectivity index (χ2v) is 10.1. The van der Waals surface area contributed by atoms with Gasteiger partial charge in [0.25, 0.3) is 5.69 Å². The first-order chi connectivity index (χ1) is 18.3. The number of para-hydroxylation sites is 1. The van der Waals surface area contributed by atoms with E-state index in [0.29, 0.717) is 38.1 Å². The average molecular weight is 600 g/mol. The predicted molar refractivity (Wildman–Crippen MR) is 145 cm³/mol. The maximum atomic E-state index is 11.6. The number of halogens is 1. The summed E-state index contributed by atoms with van der Waals surface area (Å²) in [5.41, 5.74) is 2.04. The van der Waals surface area contributed by atoms with Gasteiger partial charge in [-0.15, -0.1) is 10.2 Å². The van der Waals surface area contributed by atoms with E-state index in [-0.39, 0.29) is 23.8 Å². The van der Waals surface area contributed by atoms with Crippen LogP contribution in [0.25, 0.3) is 5.69 Å². The Bertz CT molecular complexity index is 1470. The van der Waals surface area contributed by atoms with E-state index in [0.717, 1.165) is 5.69 Å². The first-order valence-electron chi connectivity index (χ1n) is 11.3. The number of rotatable bonds is 11. The van der Waals surface area contributed by atoms with Crippen LogP contribution in [0.4, 0.5) is 5.69 Å². The van der Waals surface area contributed by atoms with E-state index in [1.54, 1.807) is 24.3 Å². The van der Waals surface area contributed by atoms with Gasteiger partial charge in [-0.25, -0.2) is 0 Å².